The molecule has 2 aromatic carbocycles. The average molecular weight is 417 g/mol. The lowest BCUT2D eigenvalue weighted by atomic mass is 10.1. The number of benzene rings is 2. The number of nitro benzene ring substituents is 1. The van der Waals surface area contributed by atoms with Crippen LogP contribution in [0.15, 0.2) is 41.3 Å². The van der Waals surface area contributed by atoms with E-state index >= 15 is 0 Å². The SMILES string of the molecule is Cc1ccc(C)c(S(=O)(=O)N2CCN(C(=O)c3cccc([N+](=O)[O-])c3C)CC2)c1. The minimum absolute atomic E-state index is 0.105. The summed E-state index contributed by atoms with van der Waals surface area (Å²) >= 11 is 0. The molecule has 3 rings (SSSR count). The molecule has 29 heavy (non-hydrogen) atoms. The van der Waals surface area contributed by atoms with E-state index in [1.54, 1.807) is 36.9 Å². The lowest BCUT2D eigenvalue weighted by Crippen LogP contribution is -2.50. The van der Waals surface area contributed by atoms with Gasteiger partial charge in [0.25, 0.3) is 11.6 Å². The van der Waals surface area contributed by atoms with Gasteiger partial charge in [-0.25, -0.2) is 8.42 Å². The molecule has 0 saturated carbocycles. The molecule has 2 aromatic rings. The van der Waals surface area contributed by atoms with Gasteiger partial charge in [-0.15, -0.1) is 0 Å². The molecule has 0 radical (unpaired) electrons. The highest BCUT2D eigenvalue weighted by atomic mass is 32.2. The van der Waals surface area contributed by atoms with Gasteiger partial charge in [0, 0.05) is 43.4 Å². The zero-order valence-electron chi connectivity index (χ0n) is 16.6. The van der Waals surface area contributed by atoms with Crippen molar-refractivity contribution in [2.45, 2.75) is 25.7 Å². The molecular formula is C20H23N3O5S. The molecule has 9 heteroatoms. The average Bonchev–Trinajstić information content (AvgIpc) is 2.69. The Bertz CT molecular complexity index is 1070. The van der Waals surface area contributed by atoms with Gasteiger partial charge >= 0.3 is 0 Å². The van der Waals surface area contributed by atoms with E-state index in [0.717, 1.165) is 5.56 Å². The number of amides is 1. The third-order valence-corrected chi connectivity index (χ3v) is 7.26. The fourth-order valence-corrected chi connectivity index (χ4v) is 5.21. The van der Waals surface area contributed by atoms with Crippen LogP contribution in [0.2, 0.25) is 0 Å². The van der Waals surface area contributed by atoms with E-state index in [-0.39, 0.29) is 48.2 Å². The van der Waals surface area contributed by atoms with Gasteiger partial charge in [-0.1, -0.05) is 18.2 Å². The molecule has 1 heterocycles. The summed E-state index contributed by atoms with van der Waals surface area (Å²) in [5.41, 5.74) is 2.02. The molecule has 1 aliphatic rings. The summed E-state index contributed by atoms with van der Waals surface area (Å²) in [4.78, 5) is 25.3. The first-order valence-electron chi connectivity index (χ1n) is 9.23. The van der Waals surface area contributed by atoms with Crippen LogP contribution in [0.1, 0.15) is 27.0 Å². The first-order valence-corrected chi connectivity index (χ1v) is 10.7. The molecule has 1 saturated heterocycles. The monoisotopic (exact) mass is 417 g/mol. The second kappa shape index (κ2) is 7.92. The summed E-state index contributed by atoms with van der Waals surface area (Å²) in [6, 6.07) is 9.72. The molecule has 154 valence electrons. The van der Waals surface area contributed by atoms with Crippen LogP contribution in [-0.2, 0) is 10.0 Å². The van der Waals surface area contributed by atoms with E-state index in [4.69, 9.17) is 0 Å². The van der Waals surface area contributed by atoms with E-state index in [0.29, 0.717) is 11.1 Å². The molecule has 8 nitrogen and oxygen atoms in total. The number of piperazine rings is 1. The van der Waals surface area contributed by atoms with Crippen LogP contribution in [0.4, 0.5) is 5.69 Å². The standard InChI is InChI=1S/C20H23N3O5S/c1-14-7-8-15(2)19(13-14)29(27,28)22-11-9-21(10-12-22)20(24)17-5-4-6-18(16(17)3)23(25)26/h4-8,13H,9-12H2,1-3H3. The predicted octanol–water partition coefficient (Wildman–Crippen LogP) is 2.67. The van der Waals surface area contributed by atoms with Gasteiger partial charge in [0.05, 0.1) is 9.82 Å². The third-order valence-electron chi connectivity index (χ3n) is 5.22. The zero-order chi connectivity index (χ0) is 21.3. The Hall–Kier alpha value is -2.78. The fourth-order valence-electron chi connectivity index (χ4n) is 3.48. The van der Waals surface area contributed by atoms with Crippen LogP contribution in [-0.4, -0.2) is 54.6 Å². The Balaban J connectivity index is 1.77. The molecule has 0 spiro atoms. The van der Waals surface area contributed by atoms with E-state index in [1.165, 1.54) is 16.4 Å². The maximum absolute atomic E-state index is 13.0. The normalized spacial score (nSPS) is 15.3. The Labute approximate surface area is 169 Å². The molecular weight excluding hydrogens is 394 g/mol. The van der Waals surface area contributed by atoms with Gasteiger partial charge in [-0.3, -0.25) is 14.9 Å². The molecule has 0 atom stereocenters. The van der Waals surface area contributed by atoms with Crippen LogP contribution in [0.25, 0.3) is 0 Å². The molecule has 0 aliphatic carbocycles. The number of hydrogen-bond acceptors (Lipinski definition) is 5. The molecule has 0 aromatic heterocycles. The number of rotatable bonds is 4. The first-order chi connectivity index (χ1) is 13.6. The molecule has 0 bridgehead atoms. The minimum Gasteiger partial charge on any atom is -0.336 e. The Morgan fingerprint density at radius 1 is 1.03 bits per heavy atom. The van der Waals surface area contributed by atoms with Gasteiger partial charge in [-0.05, 0) is 44.0 Å². The highest BCUT2D eigenvalue weighted by Gasteiger charge is 2.32. The van der Waals surface area contributed by atoms with Crippen molar-refractivity contribution in [3.8, 4) is 0 Å². The lowest BCUT2D eigenvalue weighted by molar-refractivity contribution is -0.385. The van der Waals surface area contributed by atoms with E-state index in [1.807, 2.05) is 13.0 Å². The van der Waals surface area contributed by atoms with Crippen molar-refractivity contribution in [3.05, 3.63) is 68.8 Å². The van der Waals surface area contributed by atoms with Crippen LogP contribution >= 0.6 is 0 Å². The molecule has 0 N–H and O–H groups in total. The van der Waals surface area contributed by atoms with Crippen molar-refractivity contribution < 1.29 is 18.1 Å². The zero-order valence-corrected chi connectivity index (χ0v) is 17.4. The largest absolute Gasteiger partial charge is 0.336 e. The van der Waals surface area contributed by atoms with Gasteiger partial charge in [-0.2, -0.15) is 4.31 Å². The van der Waals surface area contributed by atoms with Gasteiger partial charge in [0.15, 0.2) is 0 Å². The third kappa shape index (κ3) is 4.01. The molecule has 1 amide bonds. The number of carbonyl (C=O) groups is 1. The van der Waals surface area contributed by atoms with Crippen molar-refractivity contribution in [3.63, 3.8) is 0 Å². The first kappa shape index (κ1) is 20.9. The number of aryl methyl sites for hydroxylation is 2. The van der Waals surface area contributed by atoms with Crippen LogP contribution in [0.3, 0.4) is 0 Å². The number of sulfonamides is 1. The van der Waals surface area contributed by atoms with E-state index in [9.17, 15) is 23.3 Å². The van der Waals surface area contributed by atoms with Crippen molar-refractivity contribution >= 4 is 21.6 Å². The highest BCUT2D eigenvalue weighted by Crippen LogP contribution is 2.25. The van der Waals surface area contributed by atoms with Crippen LogP contribution in [0, 0.1) is 30.9 Å². The number of hydrogen-bond donors (Lipinski definition) is 0. The Morgan fingerprint density at radius 3 is 2.31 bits per heavy atom. The summed E-state index contributed by atoms with van der Waals surface area (Å²) in [5.74, 6) is -0.324. The number of nitro groups is 1. The molecule has 1 aliphatic heterocycles. The van der Waals surface area contributed by atoms with Crippen LogP contribution < -0.4 is 0 Å². The quantitative estimate of drug-likeness (QED) is 0.562. The van der Waals surface area contributed by atoms with Crippen molar-refractivity contribution in [1.82, 2.24) is 9.21 Å². The second-order valence-electron chi connectivity index (χ2n) is 7.17. The molecule has 1 fully saturated rings. The number of nitrogens with zero attached hydrogens (tertiary/aromatic N) is 3. The highest BCUT2D eigenvalue weighted by molar-refractivity contribution is 7.89. The smallest absolute Gasteiger partial charge is 0.273 e. The fraction of sp³-hybridized carbons (Fsp3) is 0.350. The lowest BCUT2D eigenvalue weighted by Gasteiger charge is -2.34. The van der Waals surface area contributed by atoms with Crippen LogP contribution in [0.5, 0.6) is 0 Å². The Morgan fingerprint density at radius 2 is 1.69 bits per heavy atom. The maximum Gasteiger partial charge on any atom is 0.273 e. The topological polar surface area (TPSA) is 101 Å². The summed E-state index contributed by atoms with van der Waals surface area (Å²) in [5, 5.41) is 11.1. The van der Waals surface area contributed by atoms with Gasteiger partial charge < -0.3 is 4.90 Å². The second-order valence-corrected chi connectivity index (χ2v) is 9.08. The minimum atomic E-state index is -3.65. The van der Waals surface area contributed by atoms with E-state index < -0.39 is 14.9 Å². The van der Waals surface area contributed by atoms with Crippen molar-refractivity contribution in [1.29, 1.82) is 0 Å². The van der Waals surface area contributed by atoms with Crippen molar-refractivity contribution in [2.24, 2.45) is 0 Å². The molecule has 0 unspecified atom stereocenters. The summed E-state index contributed by atoms with van der Waals surface area (Å²) in [6.07, 6.45) is 0. The maximum atomic E-state index is 13.0. The van der Waals surface area contributed by atoms with Gasteiger partial charge in [0.1, 0.15) is 0 Å². The van der Waals surface area contributed by atoms with Crippen molar-refractivity contribution in [2.75, 3.05) is 26.2 Å². The summed E-state index contributed by atoms with van der Waals surface area (Å²) in [7, 11) is -3.65. The summed E-state index contributed by atoms with van der Waals surface area (Å²) < 4.78 is 27.4. The predicted molar refractivity (Wildman–Crippen MR) is 108 cm³/mol. The summed E-state index contributed by atoms with van der Waals surface area (Å²) in [6.45, 7) is 5.96. The van der Waals surface area contributed by atoms with E-state index in [2.05, 4.69) is 0 Å². The van der Waals surface area contributed by atoms with Gasteiger partial charge in [0.2, 0.25) is 10.0 Å². The number of carbonyl (C=O) groups excluding carboxylic acids is 1. The Kier molecular flexibility index (Phi) is 5.72.